The molecule has 168 valence electrons. The highest BCUT2D eigenvalue weighted by Crippen LogP contribution is 2.31. The van der Waals surface area contributed by atoms with Crippen LogP contribution in [0.15, 0.2) is 97.1 Å². The minimum absolute atomic E-state index is 0.328. The first-order valence-electron chi connectivity index (χ1n) is 10.6. The van der Waals surface area contributed by atoms with E-state index in [0.717, 1.165) is 22.2 Å². The van der Waals surface area contributed by atoms with Gasteiger partial charge in [0.1, 0.15) is 11.5 Å². The average molecular weight is 694 g/mol. The van der Waals surface area contributed by atoms with Crippen LogP contribution in [0, 0.1) is 0 Å². The molecule has 0 spiro atoms. The molecule has 0 saturated heterocycles. The van der Waals surface area contributed by atoms with Crippen molar-refractivity contribution >= 4 is 63.7 Å². The van der Waals surface area contributed by atoms with Crippen molar-refractivity contribution in [3.8, 4) is 33.8 Å². The fourth-order valence-electron chi connectivity index (χ4n) is 3.51. The number of ether oxygens (including phenoxy) is 1. The molecule has 4 rings (SSSR count). The maximum absolute atomic E-state index is 6.07. The van der Waals surface area contributed by atoms with Gasteiger partial charge in [-0.2, -0.15) is 0 Å². The van der Waals surface area contributed by atoms with Crippen LogP contribution in [0.5, 0.6) is 11.5 Å². The minimum Gasteiger partial charge on any atom is -0.457 e. The lowest BCUT2D eigenvalue weighted by Crippen LogP contribution is -1.90. The maximum Gasteiger partial charge on any atom is 0.127 e. The van der Waals surface area contributed by atoms with Crippen LogP contribution in [-0.4, -0.2) is 10.7 Å². The van der Waals surface area contributed by atoms with Crippen molar-refractivity contribution in [1.29, 1.82) is 0 Å². The van der Waals surface area contributed by atoms with E-state index in [1.54, 1.807) is 0 Å². The van der Waals surface area contributed by atoms with Crippen LogP contribution in [0.2, 0.25) is 0 Å². The summed E-state index contributed by atoms with van der Waals surface area (Å²) in [5.74, 6) is 1.65. The second-order valence-electron chi connectivity index (χ2n) is 7.64. The Hall–Kier alpha value is -1.40. The van der Waals surface area contributed by atoms with Gasteiger partial charge in [0.2, 0.25) is 0 Å². The molecule has 0 radical (unpaired) electrons. The minimum atomic E-state index is 0.328. The highest BCUT2D eigenvalue weighted by molar-refractivity contribution is 9.12. The third-order valence-electron chi connectivity index (χ3n) is 5.43. The van der Waals surface area contributed by atoms with Gasteiger partial charge in [-0.15, -0.1) is 0 Å². The summed E-state index contributed by atoms with van der Waals surface area (Å²) in [7, 11) is 0. The van der Waals surface area contributed by atoms with E-state index in [2.05, 4.69) is 137 Å². The summed E-state index contributed by atoms with van der Waals surface area (Å²) in [6.07, 6.45) is 0. The number of hydrogen-bond acceptors (Lipinski definition) is 1. The van der Waals surface area contributed by atoms with Crippen LogP contribution in [0.1, 0.15) is 20.8 Å². The van der Waals surface area contributed by atoms with Gasteiger partial charge >= 0.3 is 0 Å². The van der Waals surface area contributed by atoms with Gasteiger partial charge in [-0.05, 0) is 57.6 Å². The number of hydrogen-bond donors (Lipinski definition) is 0. The molecule has 0 aliphatic carbocycles. The Labute approximate surface area is 229 Å². The van der Waals surface area contributed by atoms with E-state index in [1.165, 1.54) is 33.4 Å². The highest BCUT2D eigenvalue weighted by atomic mass is 79.9. The molecule has 4 aromatic carbocycles. The van der Waals surface area contributed by atoms with E-state index >= 15 is 0 Å². The first-order valence-corrected chi connectivity index (χ1v) is 14.6. The zero-order valence-electron chi connectivity index (χ0n) is 17.7. The van der Waals surface area contributed by atoms with Crippen molar-refractivity contribution in [2.75, 3.05) is 10.7 Å². The molecule has 0 aromatic heterocycles. The van der Waals surface area contributed by atoms with Crippen LogP contribution in [0.3, 0.4) is 0 Å². The predicted octanol–water partition coefficient (Wildman–Crippen LogP) is 10.5. The normalized spacial score (nSPS) is 12.8. The van der Waals surface area contributed by atoms with E-state index in [4.69, 9.17) is 4.74 Å². The standard InChI is InChI=1S/C28H22Br4O/c29-17-27(31)23-5-1-19(2-6-23)21-9-13-25(14-10-21)33-26-15-11-22(12-16-26)20-3-7-24(8-4-20)28(32)18-30/h1-16,27-28H,17-18H2. The zero-order valence-corrected chi connectivity index (χ0v) is 24.1. The third kappa shape index (κ3) is 6.39. The number of rotatable bonds is 8. The molecule has 0 saturated carbocycles. The molecule has 0 aliphatic heterocycles. The van der Waals surface area contributed by atoms with E-state index in [1.807, 2.05) is 24.3 Å². The smallest absolute Gasteiger partial charge is 0.127 e. The van der Waals surface area contributed by atoms with Gasteiger partial charge in [0.05, 0.1) is 0 Å². The molecule has 5 heteroatoms. The molecule has 1 nitrogen and oxygen atoms in total. The van der Waals surface area contributed by atoms with E-state index in [0.29, 0.717) is 9.65 Å². The number of alkyl halides is 4. The summed E-state index contributed by atoms with van der Waals surface area (Å²) in [6, 6.07) is 33.7. The van der Waals surface area contributed by atoms with Crippen LogP contribution in [0.25, 0.3) is 22.3 Å². The van der Waals surface area contributed by atoms with Gasteiger partial charge in [-0.3, -0.25) is 0 Å². The first-order chi connectivity index (χ1) is 16.1. The van der Waals surface area contributed by atoms with Gasteiger partial charge in [-0.25, -0.2) is 0 Å². The van der Waals surface area contributed by atoms with E-state index < -0.39 is 0 Å². The topological polar surface area (TPSA) is 9.23 Å². The Morgan fingerprint density at radius 1 is 0.455 bits per heavy atom. The molecule has 0 heterocycles. The largest absolute Gasteiger partial charge is 0.457 e. The van der Waals surface area contributed by atoms with Crippen molar-refractivity contribution in [3.05, 3.63) is 108 Å². The molecule has 2 unspecified atom stereocenters. The third-order valence-corrected chi connectivity index (χ3v) is 10.2. The quantitative estimate of drug-likeness (QED) is 0.167. The number of halogens is 4. The van der Waals surface area contributed by atoms with Crippen molar-refractivity contribution < 1.29 is 4.74 Å². The fraction of sp³-hybridized carbons (Fsp3) is 0.143. The van der Waals surface area contributed by atoms with Gasteiger partial charge in [-0.1, -0.05) is 137 Å². The van der Waals surface area contributed by atoms with Crippen molar-refractivity contribution in [2.45, 2.75) is 9.65 Å². The Balaban J connectivity index is 1.41. The highest BCUT2D eigenvalue weighted by Gasteiger charge is 2.08. The Morgan fingerprint density at radius 2 is 0.727 bits per heavy atom. The summed E-state index contributed by atoms with van der Waals surface area (Å²) in [5, 5.41) is 1.78. The lowest BCUT2D eigenvalue weighted by molar-refractivity contribution is 0.483. The summed E-state index contributed by atoms with van der Waals surface area (Å²) < 4.78 is 6.07. The first kappa shape index (κ1) is 24.7. The fourth-order valence-corrected chi connectivity index (χ4v) is 4.87. The molecule has 0 aliphatic rings. The molecule has 0 N–H and O–H groups in total. The van der Waals surface area contributed by atoms with Crippen molar-refractivity contribution in [3.63, 3.8) is 0 Å². The van der Waals surface area contributed by atoms with E-state index in [-0.39, 0.29) is 0 Å². The van der Waals surface area contributed by atoms with Gasteiger partial charge in [0.25, 0.3) is 0 Å². The average Bonchev–Trinajstić information content (AvgIpc) is 2.89. The second kappa shape index (κ2) is 11.8. The van der Waals surface area contributed by atoms with Crippen molar-refractivity contribution in [1.82, 2.24) is 0 Å². The second-order valence-corrected chi connectivity index (χ2v) is 11.1. The number of benzene rings is 4. The predicted molar refractivity (Wildman–Crippen MR) is 155 cm³/mol. The lowest BCUT2D eigenvalue weighted by atomic mass is 10.0. The van der Waals surface area contributed by atoms with E-state index in [9.17, 15) is 0 Å². The molecule has 2 atom stereocenters. The van der Waals surface area contributed by atoms with Crippen LogP contribution >= 0.6 is 63.7 Å². The molecule has 0 bridgehead atoms. The Kier molecular flexibility index (Phi) is 8.86. The molecule has 0 fully saturated rings. The van der Waals surface area contributed by atoms with Gasteiger partial charge in [0, 0.05) is 20.3 Å². The van der Waals surface area contributed by atoms with Crippen LogP contribution in [-0.2, 0) is 0 Å². The lowest BCUT2D eigenvalue weighted by Gasteiger charge is -2.10. The monoisotopic (exact) mass is 690 g/mol. The summed E-state index contributed by atoms with van der Waals surface area (Å²) in [4.78, 5) is 0.656. The molecular weight excluding hydrogens is 672 g/mol. The summed E-state index contributed by atoms with van der Waals surface area (Å²) >= 11 is 14.4. The summed E-state index contributed by atoms with van der Waals surface area (Å²) in [5.41, 5.74) is 7.25. The van der Waals surface area contributed by atoms with Crippen LogP contribution in [0.4, 0.5) is 0 Å². The Morgan fingerprint density at radius 3 is 1.00 bits per heavy atom. The SMILES string of the molecule is BrCC(Br)c1ccc(-c2ccc(Oc3ccc(-c4ccc(C(Br)CBr)cc4)cc3)cc2)cc1. The zero-order chi connectivity index (χ0) is 23.2. The molecule has 4 aromatic rings. The molecule has 33 heavy (non-hydrogen) atoms. The molecular formula is C28H22Br4O. The Bertz CT molecular complexity index is 1060. The maximum atomic E-state index is 6.07. The van der Waals surface area contributed by atoms with Gasteiger partial charge < -0.3 is 4.74 Å². The van der Waals surface area contributed by atoms with Crippen molar-refractivity contribution in [2.24, 2.45) is 0 Å². The van der Waals surface area contributed by atoms with Crippen LogP contribution < -0.4 is 4.74 Å². The summed E-state index contributed by atoms with van der Waals surface area (Å²) in [6.45, 7) is 0. The van der Waals surface area contributed by atoms with Gasteiger partial charge in [0.15, 0.2) is 0 Å². The molecule has 0 amide bonds.